The van der Waals surface area contributed by atoms with Crippen molar-refractivity contribution >= 4 is 27.3 Å². The molecule has 0 atom stereocenters. The summed E-state index contributed by atoms with van der Waals surface area (Å²) >= 11 is 0. The van der Waals surface area contributed by atoms with Crippen molar-refractivity contribution in [3.63, 3.8) is 0 Å². The van der Waals surface area contributed by atoms with Crippen LogP contribution in [0.5, 0.6) is 0 Å². The Balaban J connectivity index is 1.75. The van der Waals surface area contributed by atoms with Gasteiger partial charge in [-0.25, -0.2) is 12.8 Å². The molecule has 0 aliphatic heterocycles. The highest BCUT2D eigenvalue weighted by Crippen LogP contribution is 2.19. The first-order valence-corrected chi connectivity index (χ1v) is 9.59. The molecule has 0 saturated heterocycles. The van der Waals surface area contributed by atoms with E-state index in [0.29, 0.717) is 11.4 Å². The van der Waals surface area contributed by atoms with Crippen LogP contribution in [0.15, 0.2) is 77.7 Å². The average Bonchev–Trinajstić information content (AvgIpc) is 2.62. The molecule has 7 heteroatoms. The number of hydrogen-bond acceptors (Lipinski definition) is 3. The predicted molar refractivity (Wildman–Crippen MR) is 103 cm³/mol. The summed E-state index contributed by atoms with van der Waals surface area (Å²) in [5.41, 5.74) is 1.67. The van der Waals surface area contributed by atoms with Crippen LogP contribution < -0.4 is 10.0 Å². The molecule has 138 valence electrons. The quantitative estimate of drug-likeness (QED) is 0.693. The van der Waals surface area contributed by atoms with Crippen LogP contribution in [0.3, 0.4) is 0 Å². The number of aryl methyl sites for hydroxylation is 1. The Hall–Kier alpha value is -3.19. The van der Waals surface area contributed by atoms with Crippen LogP contribution in [-0.4, -0.2) is 14.3 Å². The monoisotopic (exact) mass is 384 g/mol. The van der Waals surface area contributed by atoms with Crippen molar-refractivity contribution in [1.29, 1.82) is 0 Å². The third-order valence-electron chi connectivity index (χ3n) is 3.81. The van der Waals surface area contributed by atoms with Gasteiger partial charge in [0.05, 0.1) is 10.5 Å². The first kappa shape index (κ1) is 18.6. The van der Waals surface area contributed by atoms with Crippen molar-refractivity contribution in [2.45, 2.75) is 11.8 Å². The molecule has 0 radical (unpaired) electrons. The number of hydrogen-bond donors (Lipinski definition) is 2. The summed E-state index contributed by atoms with van der Waals surface area (Å²) in [6.07, 6.45) is 0. The van der Waals surface area contributed by atoms with Crippen molar-refractivity contribution in [1.82, 2.24) is 0 Å². The lowest BCUT2D eigenvalue weighted by molar-refractivity contribution is 0.102. The number of amides is 1. The van der Waals surface area contributed by atoms with Gasteiger partial charge in [0.15, 0.2) is 0 Å². The van der Waals surface area contributed by atoms with E-state index in [1.54, 1.807) is 24.3 Å². The second kappa shape index (κ2) is 7.59. The predicted octanol–water partition coefficient (Wildman–Crippen LogP) is 4.19. The molecule has 5 nitrogen and oxygen atoms in total. The Labute approximate surface area is 156 Å². The molecule has 3 rings (SSSR count). The van der Waals surface area contributed by atoms with E-state index in [0.717, 1.165) is 5.56 Å². The average molecular weight is 384 g/mol. The van der Waals surface area contributed by atoms with Gasteiger partial charge in [0, 0.05) is 11.4 Å². The van der Waals surface area contributed by atoms with E-state index in [2.05, 4.69) is 10.0 Å². The molecule has 2 N–H and O–H groups in total. The fraction of sp³-hybridized carbons (Fsp3) is 0.0500. The molecular formula is C20H17FN2O3S. The zero-order chi connectivity index (χ0) is 19.4. The van der Waals surface area contributed by atoms with Crippen molar-refractivity contribution < 1.29 is 17.6 Å². The molecular weight excluding hydrogens is 367 g/mol. The minimum atomic E-state index is -3.76. The molecule has 0 bridgehead atoms. The van der Waals surface area contributed by atoms with Crippen LogP contribution in [0.1, 0.15) is 15.9 Å². The fourth-order valence-electron chi connectivity index (χ4n) is 2.48. The maximum Gasteiger partial charge on any atom is 0.261 e. The minimum Gasteiger partial charge on any atom is -0.322 e. The van der Waals surface area contributed by atoms with Crippen LogP contribution >= 0.6 is 0 Å². The van der Waals surface area contributed by atoms with E-state index < -0.39 is 21.7 Å². The second-order valence-electron chi connectivity index (χ2n) is 5.93. The van der Waals surface area contributed by atoms with Gasteiger partial charge in [0.25, 0.3) is 15.9 Å². The van der Waals surface area contributed by atoms with E-state index in [-0.39, 0.29) is 10.5 Å². The highest BCUT2D eigenvalue weighted by atomic mass is 32.2. The number of anilines is 2. The molecule has 0 fully saturated rings. The minimum absolute atomic E-state index is 0.0490. The Morgan fingerprint density at radius 3 is 2.26 bits per heavy atom. The normalized spacial score (nSPS) is 11.0. The summed E-state index contributed by atoms with van der Waals surface area (Å²) < 4.78 is 41.1. The summed E-state index contributed by atoms with van der Waals surface area (Å²) in [6, 6.07) is 18.3. The Bertz CT molecular complexity index is 1080. The molecule has 27 heavy (non-hydrogen) atoms. The molecule has 0 saturated carbocycles. The molecule has 0 heterocycles. The molecule has 0 unspecified atom stereocenters. The van der Waals surface area contributed by atoms with E-state index in [9.17, 15) is 17.6 Å². The van der Waals surface area contributed by atoms with E-state index in [1.807, 2.05) is 13.0 Å². The first-order valence-electron chi connectivity index (χ1n) is 8.10. The SMILES string of the molecule is Cc1cccc(NS(=O)(=O)c2ccc(NC(=O)c3ccccc3F)cc2)c1. The molecule has 0 aliphatic rings. The van der Waals surface area contributed by atoms with Gasteiger partial charge < -0.3 is 5.32 Å². The van der Waals surface area contributed by atoms with Gasteiger partial charge in [-0.2, -0.15) is 0 Å². The molecule has 3 aromatic carbocycles. The van der Waals surface area contributed by atoms with Gasteiger partial charge in [0.1, 0.15) is 5.82 Å². The third-order valence-corrected chi connectivity index (χ3v) is 5.21. The van der Waals surface area contributed by atoms with Crippen LogP contribution in [0, 0.1) is 12.7 Å². The van der Waals surface area contributed by atoms with Crippen molar-refractivity contribution in [2.75, 3.05) is 10.0 Å². The lowest BCUT2D eigenvalue weighted by atomic mass is 10.2. The second-order valence-corrected chi connectivity index (χ2v) is 7.62. The summed E-state index contributed by atoms with van der Waals surface area (Å²) in [4.78, 5) is 12.2. The first-order chi connectivity index (χ1) is 12.8. The zero-order valence-electron chi connectivity index (χ0n) is 14.4. The molecule has 0 aliphatic carbocycles. The maximum absolute atomic E-state index is 13.7. The largest absolute Gasteiger partial charge is 0.322 e. The Morgan fingerprint density at radius 1 is 0.889 bits per heavy atom. The van der Waals surface area contributed by atoms with Crippen LogP contribution in [-0.2, 0) is 10.0 Å². The summed E-state index contributed by atoms with van der Waals surface area (Å²) in [7, 11) is -3.76. The van der Waals surface area contributed by atoms with Crippen molar-refractivity contribution in [3.05, 3.63) is 89.7 Å². The molecule has 0 aromatic heterocycles. The number of sulfonamides is 1. The molecule has 0 spiro atoms. The topological polar surface area (TPSA) is 75.3 Å². The van der Waals surface area contributed by atoms with Crippen LogP contribution in [0.2, 0.25) is 0 Å². The highest BCUT2D eigenvalue weighted by molar-refractivity contribution is 7.92. The third kappa shape index (κ3) is 4.51. The van der Waals surface area contributed by atoms with Gasteiger partial charge in [-0.1, -0.05) is 24.3 Å². The van der Waals surface area contributed by atoms with Crippen molar-refractivity contribution in [3.8, 4) is 0 Å². The zero-order valence-corrected chi connectivity index (χ0v) is 15.3. The van der Waals surface area contributed by atoms with Crippen LogP contribution in [0.25, 0.3) is 0 Å². The number of benzene rings is 3. The number of carbonyl (C=O) groups is 1. The van der Waals surface area contributed by atoms with Gasteiger partial charge >= 0.3 is 0 Å². The fourth-order valence-corrected chi connectivity index (χ4v) is 3.53. The van der Waals surface area contributed by atoms with Gasteiger partial charge in [-0.15, -0.1) is 0 Å². The summed E-state index contributed by atoms with van der Waals surface area (Å²) in [5, 5.41) is 2.54. The number of halogens is 1. The highest BCUT2D eigenvalue weighted by Gasteiger charge is 2.15. The summed E-state index contributed by atoms with van der Waals surface area (Å²) in [6.45, 7) is 1.87. The van der Waals surface area contributed by atoms with E-state index >= 15 is 0 Å². The Morgan fingerprint density at radius 2 is 1.59 bits per heavy atom. The lowest BCUT2D eigenvalue weighted by Gasteiger charge is -2.10. The lowest BCUT2D eigenvalue weighted by Crippen LogP contribution is -2.15. The van der Waals surface area contributed by atoms with Gasteiger partial charge in [0.2, 0.25) is 0 Å². The van der Waals surface area contributed by atoms with Gasteiger partial charge in [-0.3, -0.25) is 9.52 Å². The number of carbonyl (C=O) groups excluding carboxylic acids is 1. The molecule has 1 amide bonds. The standard InChI is InChI=1S/C20H17FN2O3S/c1-14-5-4-6-16(13-14)23-27(25,26)17-11-9-15(10-12-17)22-20(24)18-7-2-3-8-19(18)21/h2-13,23H,1H3,(H,22,24). The van der Waals surface area contributed by atoms with E-state index in [4.69, 9.17) is 0 Å². The van der Waals surface area contributed by atoms with Crippen molar-refractivity contribution in [2.24, 2.45) is 0 Å². The maximum atomic E-state index is 13.7. The smallest absolute Gasteiger partial charge is 0.261 e. The number of nitrogens with one attached hydrogen (secondary N) is 2. The Kier molecular flexibility index (Phi) is 5.23. The van der Waals surface area contributed by atoms with E-state index in [1.165, 1.54) is 42.5 Å². The summed E-state index contributed by atoms with van der Waals surface area (Å²) in [5.74, 6) is -1.24. The number of rotatable bonds is 5. The van der Waals surface area contributed by atoms with Crippen LogP contribution in [0.4, 0.5) is 15.8 Å². The molecule has 3 aromatic rings. The van der Waals surface area contributed by atoms with Gasteiger partial charge in [-0.05, 0) is 61.0 Å².